The summed E-state index contributed by atoms with van der Waals surface area (Å²) in [6.07, 6.45) is 26.4. The van der Waals surface area contributed by atoms with Gasteiger partial charge in [0, 0.05) is 25.4 Å². The van der Waals surface area contributed by atoms with Gasteiger partial charge in [-0.2, -0.15) is 0 Å². The number of nitrogens with zero attached hydrogens (tertiary/aromatic N) is 3. The number of nitrogens with one attached hydrogen (secondary N) is 1. The van der Waals surface area contributed by atoms with Crippen LogP contribution in [0, 0.1) is 5.92 Å². The molecule has 6 heterocycles. The van der Waals surface area contributed by atoms with Gasteiger partial charge in [-0.15, -0.1) is 0 Å². The Morgan fingerprint density at radius 1 is 0.933 bits per heavy atom. The summed E-state index contributed by atoms with van der Waals surface area (Å²) < 4.78 is 25.3. The average Bonchev–Trinajstić information content (AvgIpc) is 3.53. The zero-order chi connectivity index (χ0) is 42.6. The summed E-state index contributed by atoms with van der Waals surface area (Å²) in [4.78, 5) is 36.1. The van der Waals surface area contributed by atoms with Crippen LogP contribution in [-0.2, 0) is 28.5 Å². The number of ether oxygens (including phenoxy) is 4. The fraction of sp³-hybridized carbons (Fsp3) is 0.891. The van der Waals surface area contributed by atoms with Crippen molar-refractivity contribution in [3.63, 3.8) is 0 Å². The number of hydrogen-bond acceptors (Lipinski definition) is 13. The molecule has 0 aromatic heterocycles. The van der Waals surface area contributed by atoms with Crippen molar-refractivity contribution in [3.05, 3.63) is 12.2 Å². The number of morpholine rings is 1. The highest BCUT2D eigenvalue weighted by Crippen LogP contribution is 2.50. The number of aliphatic hydroxyl groups excluding tert-OH is 1. The van der Waals surface area contributed by atoms with Crippen molar-refractivity contribution in [2.45, 2.75) is 228 Å². The molecule has 0 saturated carbocycles. The molecule has 0 aromatic carbocycles. The first-order valence-corrected chi connectivity index (χ1v) is 24.2. The molecule has 6 aliphatic heterocycles. The van der Waals surface area contributed by atoms with Crippen LogP contribution < -0.4 is 16.8 Å². The number of aliphatic hydroxyl groups is 2. The van der Waals surface area contributed by atoms with Crippen molar-refractivity contribution in [2.24, 2.45) is 22.4 Å². The van der Waals surface area contributed by atoms with E-state index in [2.05, 4.69) is 36.2 Å². The van der Waals surface area contributed by atoms with Crippen LogP contribution >= 0.6 is 0 Å². The molecule has 6 rings (SSSR count). The van der Waals surface area contributed by atoms with Crippen molar-refractivity contribution < 1.29 is 38.7 Å². The summed E-state index contributed by atoms with van der Waals surface area (Å²) in [5.74, 6) is -1.85. The van der Waals surface area contributed by atoms with Gasteiger partial charge in [0.15, 0.2) is 17.9 Å². The summed E-state index contributed by atoms with van der Waals surface area (Å²) in [5, 5.41) is 25.3. The number of carbonyl (C=O) groups is 2. The summed E-state index contributed by atoms with van der Waals surface area (Å²) in [6, 6.07) is 0.306. The summed E-state index contributed by atoms with van der Waals surface area (Å²) in [7, 11) is 0. The first-order valence-electron chi connectivity index (χ1n) is 24.2. The number of esters is 1. The van der Waals surface area contributed by atoms with Gasteiger partial charge in [0.25, 0.3) is 5.91 Å². The van der Waals surface area contributed by atoms with Gasteiger partial charge >= 0.3 is 5.97 Å². The summed E-state index contributed by atoms with van der Waals surface area (Å²) in [6.45, 7) is 5.54. The molecule has 10 atom stereocenters. The van der Waals surface area contributed by atoms with Crippen LogP contribution in [0.4, 0.5) is 0 Å². The number of hydrogen-bond donors (Lipinski definition) is 5. The molecule has 4 saturated heterocycles. The molecule has 14 nitrogen and oxygen atoms in total. The quantitative estimate of drug-likeness (QED) is 0.0468. The minimum atomic E-state index is -1.85. The molecule has 10 unspecified atom stereocenters. The Bertz CT molecular complexity index is 1440. The molecule has 0 aromatic rings. The molecule has 0 aliphatic carbocycles. The Hall–Kier alpha value is -2.33. The second-order valence-electron chi connectivity index (χ2n) is 18.7. The van der Waals surface area contributed by atoms with Crippen molar-refractivity contribution in [1.82, 2.24) is 15.1 Å². The van der Waals surface area contributed by atoms with Crippen molar-refractivity contribution in [1.29, 1.82) is 0 Å². The third kappa shape index (κ3) is 11.4. The van der Waals surface area contributed by atoms with Crippen LogP contribution in [0.15, 0.2) is 17.1 Å². The summed E-state index contributed by atoms with van der Waals surface area (Å²) in [5.41, 5.74) is 9.94. The zero-order valence-electron chi connectivity index (χ0n) is 37.0. The standard InChI is InChI=1S/C46H80N6O8/c1-3-36-22-16-17-26-44(59-36)33-35-24-25-37-39(45(27-19-21-34(2)58-45)50-43(49-44)52(35)37)41(54)57-32-18-14-12-10-8-6-4-5-7-9-11-13-15-23-38-40(53)51(31-20-29-47)42(55)46(56,60-38)28-30-48/h16,22,34-39,42,55-56H,3-15,17-21,23-33,47-48H2,1-2H3,(H,49,50). The van der Waals surface area contributed by atoms with E-state index in [9.17, 15) is 19.8 Å². The second kappa shape index (κ2) is 22.3. The fourth-order valence-electron chi connectivity index (χ4n) is 10.9. The Balaban J connectivity index is 0.838. The molecule has 342 valence electrons. The molecule has 60 heavy (non-hydrogen) atoms. The maximum atomic E-state index is 14.1. The number of carbonyl (C=O) groups excluding carboxylic acids is 2. The maximum absolute atomic E-state index is 14.1. The first-order chi connectivity index (χ1) is 29.1. The van der Waals surface area contributed by atoms with E-state index in [0.29, 0.717) is 26.0 Å². The molecule has 2 spiro atoms. The molecule has 0 bridgehead atoms. The average molecular weight is 845 g/mol. The topological polar surface area (TPSA) is 194 Å². The number of amides is 1. The summed E-state index contributed by atoms with van der Waals surface area (Å²) >= 11 is 0. The lowest BCUT2D eigenvalue weighted by atomic mass is 9.80. The first kappa shape index (κ1) is 47.2. The van der Waals surface area contributed by atoms with E-state index in [-0.39, 0.29) is 55.7 Å². The van der Waals surface area contributed by atoms with E-state index >= 15 is 0 Å². The monoisotopic (exact) mass is 845 g/mol. The van der Waals surface area contributed by atoms with Crippen LogP contribution in [0.2, 0.25) is 0 Å². The highest BCUT2D eigenvalue weighted by atomic mass is 16.7. The molecule has 7 N–H and O–H groups in total. The maximum Gasteiger partial charge on any atom is 0.316 e. The molecule has 14 heteroatoms. The van der Waals surface area contributed by atoms with Gasteiger partial charge < -0.3 is 55.7 Å². The predicted molar refractivity (Wildman–Crippen MR) is 231 cm³/mol. The van der Waals surface area contributed by atoms with Crippen molar-refractivity contribution >= 4 is 17.8 Å². The van der Waals surface area contributed by atoms with Crippen LogP contribution in [0.1, 0.15) is 174 Å². The van der Waals surface area contributed by atoms with Gasteiger partial charge in [0.1, 0.15) is 17.7 Å². The highest BCUT2D eigenvalue weighted by molar-refractivity contribution is 5.87. The fourth-order valence-corrected chi connectivity index (χ4v) is 10.9. The van der Waals surface area contributed by atoms with Crippen LogP contribution in [-0.4, -0.2) is 118 Å². The molecular formula is C46H80N6O8. The van der Waals surface area contributed by atoms with Gasteiger partial charge in [-0.1, -0.05) is 96.1 Å². The van der Waals surface area contributed by atoms with Crippen LogP contribution in [0.5, 0.6) is 0 Å². The van der Waals surface area contributed by atoms with Crippen molar-refractivity contribution in [3.8, 4) is 0 Å². The van der Waals surface area contributed by atoms with Crippen molar-refractivity contribution in [2.75, 3.05) is 26.2 Å². The Labute approximate surface area is 359 Å². The number of unbranched alkanes of at least 4 members (excludes halogenated alkanes) is 12. The van der Waals surface area contributed by atoms with Gasteiger partial charge in [-0.05, 0) is 90.6 Å². The zero-order valence-corrected chi connectivity index (χ0v) is 37.0. The number of aliphatic imine (C=N–C) groups is 1. The Morgan fingerprint density at radius 2 is 1.63 bits per heavy atom. The Kier molecular flexibility index (Phi) is 17.6. The lowest BCUT2D eigenvalue weighted by Crippen LogP contribution is -2.71. The molecular weight excluding hydrogens is 765 g/mol. The van der Waals surface area contributed by atoms with E-state index in [1.165, 1.54) is 49.8 Å². The SMILES string of the molecule is CCC1C=CCCC2(CC3CCC4C(C(=O)OCCCCCCCCCCCCCCCC5OC(O)(CCN)C(O)N(CCCN)C5=O)C5(CCCC(C)O5)N=C(N2)N34)O1. The van der Waals surface area contributed by atoms with Gasteiger partial charge in [-0.3, -0.25) is 9.59 Å². The van der Waals surface area contributed by atoms with Crippen LogP contribution in [0.25, 0.3) is 0 Å². The van der Waals surface area contributed by atoms with E-state index in [4.69, 9.17) is 35.4 Å². The third-order valence-corrected chi connectivity index (χ3v) is 14.1. The highest BCUT2D eigenvalue weighted by Gasteiger charge is 2.62. The van der Waals surface area contributed by atoms with E-state index in [0.717, 1.165) is 102 Å². The second-order valence-corrected chi connectivity index (χ2v) is 18.7. The third-order valence-electron chi connectivity index (χ3n) is 14.1. The Morgan fingerprint density at radius 3 is 2.30 bits per heavy atom. The van der Waals surface area contributed by atoms with Gasteiger partial charge in [0.2, 0.25) is 5.79 Å². The number of nitrogens with two attached hydrogens (primary N) is 2. The van der Waals surface area contributed by atoms with E-state index in [1.54, 1.807) is 0 Å². The smallest absolute Gasteiger partial charge is 0.316 e. The molecule has 6 aliphatic rings. The normalized spacial score (nSPS) is 35.1. The number of rotatable bonds is 23. The van der Waals surface area contributed by atoms with E-state index < -0.39 is 35.5 Å². The minimum Gasteiger partial charge on any atom is -0.465 e. The molecule has 0 radical (unpaired) electrons. The van der Waals surface area contributed by atoms with E-state index in [1.807, 2.05) is 0 Å². The van der Waals surface area contributed by atoms with Gasteiger partial charge in [-0.25, -0.2) is 4.99 Å². The largest absolute Gasteiger partial charge is 0.465 e. The minimum absolute atomic E-state index is 0.0188. The molecule has 4 fully saturated rings. The number of guanidine groups is 1. The van der Waals surface area contributed by atoms with Gasteiger partial charge in [0.05, 0.1) is 24.9 Å². The predicted octanol–water partition coefficient (Wildman–Crippen LogP) is 5.86. The number of allylic oxidation sites excluding steroid dienone is 1. The lowest BCUT2D eigenvalue weighted by Gasteiger charge is -2.55. The van der Waals surface area contributed by atoms with Crippen LogP contribution in [0.3, 0.4) is 0 Å². The molecule has 1 amide bonds. The lowest BCUT2D eigenvalue weighted by molar-refractivity contribution is -0.325.